The van der Waals surface area contributed by atoms with E-state index in [1.54, 1.807) is 0 Å². The Morgan fingerprint density at radius 2 is 1.78 bits per heavy atom. The van der Waals surface area contributed by atoms with Gasteiger partial charge in [0, 0.05) is 28.9 Å². The quantitative estimate of drug-likeness (QED) is 0.346. The number of anilines is 2. The van der Waals surface area contributed by atoms with Crippen molar-refractivity contribution in [1.82, 2.24) is 0 Å². The maximum Gasteiger partial charge on any atom is 0.415 e. The van der Waals surface area contributed by atoms with Crippen molar-refractivity contribution in [1.29, 1.82) is 0 Å². The van der Waals surface area contributed by atoms with E-state index in [0.29, 0.717) is 24.2 Å². The Hall–Kier alpha value is -3.08. The molecular formula is C21H20F4N2O4S. The van der Waals surface area contributed by atoms with Crippen LogP contribution in [0.25, 0.3) is 0 Å². The number of ether oxygens (including phenoxy) is 1. The summed E-state index contributed by atoms with van der Waals surface area (Å²) in [4.78, 5) is 13.6. The third-order valence-electron chi connectivity index (χ3n) is 4.92. The summed E-state index contributed by atoms with van der Waals surface area (Å²) < 4.78 is 88.2. The minimum Gasteiger partial charge on any atom is -0.437 e. The highest BCUT2D eigenvalue weighted by atomic mass is 32.2. The Bertz CT molecular complexity index is 1170. The van der Waals surface area contributed by atoms with Gasteiger partial charge in [-0.15, -0.1) is 0 Å². The third kappa shape index (κ3) is 4.29. The molecule has 172 valence electrons. The number of amides is 1. The second-order valence-corrected chi connectivity index (χ2v) is 8.91. The Kier molecular flexibility index (Phi) is 6.49. The van der Waals surface area contributed by atoms with Gasteiger partial charge in [0.1, 0.15) is 11.9 Å². The van der Waals surface area contributed by atoms with Crippen molar-refractivity contribution in [3.8, 4) is 0 Å². The molecule has 1 heterocycles. The average molecular weight is 472 g/mol. The van der Waals surface area contributed by atoms with Gasteiger partial charge in [0.05, 0.1) is 5.69 Å². The van der Waals surface area contributed by atoms with Gasteiger partial charge in [-0.1, -0.05) is 13.5 Å². The molecule has 1 unspecified atom stereocenters. The zero-order valence-electron chi connectivity index (χ0n) is 17.2. The summed E-state index contributed by atoms with van der Waals surface area (Å²) in [6.45, 7) is 6.67. The molecule has 0 radical (unpaired) electrons. The molecule has 0 spiro atoms. The van der Waals surface area contributed by atoms with Crippen LogP contribution in [-0.2, 0) is 20.5 Å². The average Bonchev–Trinajstić information content (AvgIpc) is 2.75. The van der Waals surface area contributed by atoms with Gasteiger partial charge in [0.25, 0.3) is 0 Å². The molecule has 0 aliphatic carbocycles. The molecule has 2 aromatic carbocycles. The lowest BCUT2D eigenvalue weighted by molar-refractivity contribution is 0.121. The summed E-state index contributed by atoms with van der Waals surface area (Å²) in [6.07, 6.45) is 0.584. The fraction of sp³-hybridized carbons (Fsp3) is 0.286. The number of hydrogen-bond donors (Lipinski definition) is 1. The molecule has 0 saturated carbocycles. The van der Waals surface area contributed by atoms with Crippen molar-refractivity contribution in [2.45, 2.75) is 32.1 Å². The van der Waals surface area contributed by atoms with Crippen LogP contribution in [0.5, 0.6) is 0 Å². The number of rotatable bonds is 7. The fourth-order valence-corrected chi connectivity index (χ4v) is 4.55. The molecule has 32 heavy (non-hydrogen) atoms. The molecule has 3 rings (SSSR count). The predicted molar refractivity (Wildman–Crippen MR) is 111 cm³/mol. The molecule has 0 saturated heterocycles. The first-order valence-electron chi connectivity index (χ1n) is 9.57. The molecule has 2 aromatic rings. The molecule has 1 N–H and O–H groups in total. The minimum atomic E-state index is -4.47. The number of benzene rings is 2. The maximum absolute atomic E-state index is 14.1. The fourth-order valence-electron chi connectivity index (χ4n) is 3.36. The molecule has 0 aromatic heterocycles. The molecule has 0 bridgehead atoms. The Morgan fingerprint density at radius 3 is 2.34 bits per heavy atom. The summed E-state index contributed by atoms with van der Waals surface area (Å²) in [7, 11) is -4.47. The highest BCUT2D eigenvalue weighted by Gasteiger charge is 2.32. The first-order chi connectivity index (χ1) is 15.0. The molecule has 1 atom stereocenters. The van der Waals surface area contributed by atoms with Gasteiger partial charge in [0.15, 0.2) is 23.3 Å². The molecule has 1 aliphatic rings. The van der Waals surface area contributed by atoms with Gasteiger partial charge in [-0.05, 0) is 37.6 Å². The number of nitrogens with one attached hydrogen (secondary N) is 1. The molecule has 1 aliphatic heterocycles. The van der Waals surface area contributed by atoms with Crippen molar-refractivity contribution in [2.75, 3.05) is 16.2 Å². The van der Waals surface area contributed by atoms with E-state index in [1.165, 1.54) is 29.2 Å². The highest BCUT2D eigenvalue weighted by Crippen LogP contribution is 2.37. The van der Waals surface area contributed by atoms with Crippen LogP contribution in [0.1, 0.15) is 36.1 Å². The zero-order chi connectivity index (χ0) is 23.8. The summed E-state index contributed by atoms with van der Waals surface area (Å²) >= 11 is 0. The highest BCUT2D eigenvalue weighted by molar-refractivity contribution is 7.91. The van der Waals surface area contributed by atoms with Crippen LogP contribution in [0.15, 0.2) is 30.9 Å². The Labute approximate surface area is 182 Å². The molecule has 1 amide bonds. The zero-order valence-corrected chi connectivity index (χ0v) is 18.0. The molecular weight excluding hydrogens is 452 g/mol. The van der Waals surface area contributed by atoms with Gasteiger partial charge in [0.2, 0.25) is 10.0 Å². The minimum absolute atomic E-state index is 0.00105. The van der Waals surface area contributed by atoms with E-state index in [1.807, 2.05) is 6.92 Å². The normalized spacial score (nSPS) is 15.9. The standard InChI is InChI=1S/C21H20F4N2O4S/c1-4-8-27-15-7-6-12(9-13(15)16(5-2)31-21(27)28)26-32(29,30)10-14-19(24)17(22)11(3)18(23)20(14)25/h5-7,9,16,26H,2,4,8,10H2,1,3H3. The van der Waals surface area contributed by atoms with Crippen LogP contribution in [0.2, 0.25) is 0 Å². The van der Waals surface area contributed by atoms with E-state index >= 15 is 0 Å². The number of nitrogens with zero attached hydrogens (tertiary/aromatic N) is 1. The van der Waals surface area contributed by atoms with Crippen LogP contribution in [0.3, 0.4) is 0 Å². The summed E-state index contributed by atoms with van der Waals surface area (Å²) in [5.41, 5.74) is -1.19. The van der Waals surface area contributed by atoms with Crippen molar-refractivity contribution in [3.63, 3.8) is 0 Å². The maximum atomic E-state index is 14.1. The van der Waals surface area contributed by atoms with E-state index in [-0.39, 0.29) is 5.69 Å². The number of hydrogen-bond acceptors (Lipinski definition) is 4. The number of fused-ring (bicyclic) bond motifs is 1. The topological polar surface area (TPSA) is 75.7 Å². The lowest BCUT2D eigenvalue weighted by atomic mass is 10.0. The van der Waals surface area contributed by atoms with E-state index < -0.39 is 62.4 Å². The molecule has 0 fully saturated rings. The van der Waals surface area contributed by atoms with Gasteiger partial charge >= 0.3 is 6.09 Å². The number of carbonyl (C=O) groups is 1. The van der Waals surface area contributed by atoms with Crippen molar-refractivity contribution in [3.05, 3.63) is 70.8 Å². The molecule has 6 nitrogen and oxygen atoms in total. The molecule has 11 heteroatoms. The first-order valence-corrected chi connectivity index (χ1v) is 11.2. The summed E-state index contributed by atoms with van der Waals surface area (Å²) in [6, 6.07) is 4.23. The number of halogens is 4. The SMILES string of the molecule is C=CC1OC(=O)N(CCC)c2ccc(NS(=O)(=O)Cc3c(F)c(F)c(C)c(F)c3F)cc21. The van der Waals surface area contributed by atoms with Crippen LogP contribution >= 0.6 is 0 Å². The van der Waals surface area contributed by atoms with E-state index in [4.69, 9.17) is 4.74 Å². The first kappa shape index (κ1) is 23.6. The van der Waals surface area contributed by atoms with Crippen molar-refractivity contribution >= 4 is 27.5 Å². The number of carbonyl (C=O) groups excluding carboxylic acids is 1. The van der Waals surface area contributed by atoms with Crippen molar-refractivity contribution < 1.29 is 35.5 Å². The third-order valence-corrected chi connectivity index (χ3v) is 6.13. The van der Waals surface area contributed by atoms with Crippen LogP contribution < -0.4 is 9.62 Å². The summed E-state index contributed by atoms with van der Waals surface area (Å²) in [5, 5.41) is 0. The van der Waals surface area contributed by atoms with Crippen LogP contribution in [-0.4, -0.2) is 21.1 Å². The van der Waals surface area contributed by atoms with E-state index in [9.17, 15) is 30.8 Å². The predicted octanol–water partition coefficient (Wildman–Crippen LogP) is 5.09. The number of sulfonamides is 1. The van der Waals surface area contributed by atoms with Gasteiger partial charge in [-0.2, -0.15) is 0 Å². The monoisotopic (exact) mass is 472 g/mol. The largest absolute Gasteiger partial charge is 0.437 e. The van der Waals surface area contributed by atoms with Crippen LogP contribution in [0.4, 0.5) is 33.7 Å². The Balaban J connectivity index is 1.95. The second kappa shape index (κ2) is 8.81. The van der Waals surface area contributed by atoms with Gasteiger partial charge in [-0.25, -0.2) is 30.8 Å². The van der Waals surface area contributed by atoms with E-state index in [2.05, 4.69) is 11.3 Å². The van der Waals surface area contributed by atoms with Crippen LogP contribution in [0, 0.1) is 30.2 Å². The Morgan fingerprint density at radius 1 is 1.16 bits per heavy atom. The lowest BCUT2D eigenvalue weighted by Gasteiger charge is -2.33. The smallest absolute Gasteiger partial charge is 0.415 e. The van der Waals surface area contributed by atoms with E-state index in [0.717, 1.165) is 6.92 Å². The lowest BCUT2D eigenvalue weighted by Crippen LogP contribution is -2.37. The summed E-state index contributed by atoms with van der Waals surface area (Å²) in [5.74, 6) is -8.20. The van der Waals surface area contributed by atoms with Gasteiger partial charge in [-0.3, -0.25) is 9.62 Å². The van der Waals surface area contributed by atoms with Crippen molar-refractivity contribution in [2.24, 2.45) is 0 Å². The number of cyclic esters (lactones) is 1. The second-order valence-electron chi connectivity index (χ2n) is 7.19. The van der Waals surface area contributed by atoms with Gasteiger partial charge < -0.3 is 4.74 Å².